The number of nitrogens with one attached hydrogen (secondary N) is 1. The average molecular weight is 298 g/mol. The van der Waals surface area contributed by atoms with E-state index in [9.17, 15) is 0 Å². The monoisotopic (exact) mass is 298 g/mol. The molecule has 22 heavy (non-hydrogen) atoms. The molecule has 0 radical (unpaired) electrons. The van der Waals surface area contributed by atoms with E-state index in [1.165, 1.54) is 0 Å². The molecule has 0 saturated heterocycles. The van der Waals surface area contributed by atoms with E-state index in [1.807, 2.05) is 25.4 Å². The van der Waals surface area contributed by atoms with Crippen LogP contribution >= 0.6 is 0 Å². The summed E-state index contributed by atoms with van der Waals surface area (Å²) in [5, 5.41) is 1.01. The van der Waals surface area contributed by atoms with Crippen molar-refractivity contribution in [3.63, 3.8) is 0 Å². The molecule has 3 aromatic heterocycles. The van der Waals surface area contributed by atoms with Crippen molar-refractivity contribution in [2.45, 2.75) is 0 Å². The number of aromatic amines is 1. The number of hydrogen-bond donors (Lipinski definition) is 2. The third-order valence-electron chi connectivity index (χ3n) is 3.54. The van der Waals surface area contributed by atoms with Gasteiger partial charge in [0, 0.05) is 50.5 Å². The smallest absolute Gasteiger partial charge is 0.220 e. The minimum absolute atomic E-state index is 0.255. The van der Waals surface area contributed by atoms with Crippen LogP contribution in [0.4, 0.5) is 11.6 Å². The fraction of sp³-hybridized carbons (Fsp3) is 0.267. The number of fused-ring (bicyclic) bond motifs is 1. The third kappa shape index (κ3) is 2.58. The molecule has 7 nitrogen and oxygen atoms in total. The van der Waals surface area contributed by atoms with Crippen LogP contribution in [-0.4, -0.2) is 47.2 Å². The molecule has 7 heteroatoms. The Morgan fingerprint density at radius 1 is 1.27 bits per heavy atom. The first kappa shape index (κ1) is 14.3. The van der Waals surface area contributed by atoms with Crippen molar-refractivity contribution in [3.05, 3.63) is 30.7 Å². The summed E-state index contributed by atoms with van der Waals surface area (Å²) in [4.78, 5) is 18.0. The zero-order valence-electron chi connectivity index (χ0n) is 12.6. The van der Waals surface area contributed by atoms with E-state index < -0.39 is 0 Å². The van der Waals surface area contributed by atoms with Gasteiger partial charge < -0.3 is 20.4 Å². The lowest BCUT2D eigenvalue weighted by molar-refractivity contribution is 0.206. The highest BCUT2D eigenvalue weighted by atomic mass is 16.5. The van der Waals surface area contributed by atoms with Gasteiger partial charge >= 0.3 is 0 Å². The van der Waals surface area contributed by atoms with Crippen LogP contribution in [0.1, 0.15) is 0 Å². The maximum absolute atomic E-state index is 5.70. The van der Waals surface area contributed by atoms with Crippen LogP contribution in [-0.2, 0) is 4.74 Å². The highest BCUT2D eigenvalue weighted by Gasteiger charge is 2.15. The Hall–Kier alpha value is -2.67. The summed E-state index contributed by atoms with van der Waals surface area (Å²) in [6, 6.07) is 3.82. The molecule has 0 atom stereocenters. The molecule has 114 valence electrons. The van der Waals surface area contributed by atoms with Crippen molar-refractivity contribution >= 4 is 22.7 Å². The van der Waals surface area contributed by atoms with E-state index in [1.54, 1.807) is 19.5 Å². The Bertz CT molecular complexity index is 785. The summed E-state index contributed by atoms with van der Waals surface area (Å²) in [5.74, 6) is 0.255. The summed E-state index contributed by atoms with van der Waals surface area (Å²) in [6.07, 6.45) is 5.34. The van der Waals surface area contributed by atoms with E-state index >= 15 is 0 Å². The molecular weight excluding hydrogens is 280 g/mol. The first-order valence-corrected chi connectivity index (χ1v) is 6.95. The van der Waals surface area contributed by atoms with E-state index in [2.05, 4.69) is 24.8 Å². The van der Waals surface area contributed by atoms with Gasteiger partial charge in [-0.2, -0.15) is 0 Å². The van der Waals surface area contributed by atoms with Gasteiger partial charge in [-0.15, -0.1) is 0 Å². The predicted molar refractivity (Wildman–Crippen MR) is 86.7 cm³/mol. The van der Waals surface area contributed by atoms with Gasteiger partial charge in [0.1, 0.15) is 5.65 Å². The van der Waals surface area contributed by atoms with Crippen molar-refractivity contribution in [1.29, 1.82) is 0 Å². The van der Waals surface area contributed by atoms with Gasteiger partial charge in [0.15, 0.2) is 0 Å². The second kappa shape index (κ2) is 5.98. The molecule has 0 saturated carbocycles. The van der Waals surface area contributed by atoms with Crippen molar-refractivity contribution in [2.24, 2.45) is 0 Å². The fourth-order valence-corrected chi connectivity index (χ4v) is 2.43. The van der Waals surface area contributed by atoms with Crippen molar-refractivity contribution < 1.29 is 4.74 Å². The van der Waals surface area contributed by atoms with Gasteiger partial charge in [-0.1, -0.05) is 0 Å². The van der Waals surface area contributed by atoms with Gasteiger partial charge in [0.2, 0.25) is 5.95 Å². The second-order valence-corrected chi connectivity index (χ2v) is 4.97. The number of ether oxygens (including phenoxy) is 1. The normalized spacial score (nSPS) is 11.0. The Morgan fingerprint density at radius 3 is 2.86 bits per heavy atom. The molecule has 0 aliphatic rings. The second-order valence-electron chi connectivity index (χ2n) is 4.97. The number of anilines is 2. The van der Waals surface area contributed by atoms with Gasteiger partial charge in [-0.25, -0.2) is 15.0 Å². The lowest BCUT2D eigenvalue weighted by Crippen LogP contribution is -2.22. The minimum atomic E-state index is 0.255. The first-order valence-electron chi connectivity index (χ1n) is 6.95. The Morgan fingerprint density at radius 2 is 2.09 bits per heavy atom. The zero-order chi connectivity index (χ0) is 15.5. The molecule has 0 aliphatic carbocycles. The van der Waals surface area contributed by atoms with Crippen LogP contribution < -0.4 is 10.6 Å². The largest absolute Gasteiger partial charge is 0.383 e. The number of methoxy groups -OCH3 is 1. The molecule has 0 aliphatic heterocycles. The van der Waals surface area contributed by atoms with E-state index in [0.717, 1.165) is 34.5 Å². The number of H-pyrrole nitrogens is 1. The first-order chi connectivity index (χ1) is 10.7. The lowest BCUT2D eigenvalue weighted by atomic mass is 10.1. The number of nitrogens with two attached hydrogens (primary N) is 1. The zero-order valence-corrected chi connectivity index (χ0v) is 12.6. The molecule has 3 rings (SSSR count). The SMILES string of the molecule is COCCN(C)c1ccnc2[nH]cc(-c3ccnc(N)n3)c12. The number of rotatable bonds is 5. The van der Waals surface area contributed by atoms with Crippen LogP contribution in [0, 0.1) is 0 Å². The van der Waals surface area contributed by atoms with Gasteiger partial charge in [-0.3, -0.25) is 0 Å². The highest BCUT2D eigenvalue weighted by Crippen LogP contribution is 2.33. The van der Waals surface area contributed by atoms with Crippen LogP contribution in [0.2, 0.25) is 0 Å². The number of nitrogen functional groups attached to an aromatic ring is 1. The Kier molecular flexibility index (Phi) is 3.88. The molecule has 3 heterocycles. The topological polar surface area (TPSA) is 93.0 Å². The molecular formula is C15H18N6O. The molecule has 0 fully saturated rings. The van der Waals surface area contributed by atoms with Gasteiger partial charge in [-0.05, 0) is 12.1 Å². The van der Waals surface area contributed by atoms with Gasteiger partial charge in [0.25, 0.3) is 0 Å². The molecule has 3 N–H and O–H groups in total. The van der Waals surface area contributed by atoms with E-state index in [0.29, 0.717) is 6.61 Å². The van der Waals surface area contributed by atoms with Crippen molar-refractivity contribution in [3.8, 4) is 11.3 Å². The van der Waals surface area contributed by atoms with Crippen molar-refractivity contribution in [1.82, 2.24) is 19.9 Å². The van der Waals surface area contributed by atoms with Crippen molar-refractivity contribution in [2.75, 3.05) is 37.9 Å². The lowest BCUT2D eigenvalue weighted by Gasteiger charge is -2.20. The summed E-state index contributed by atoms with van der Waals surface area (Å²) in [6.45, 7) is 1.44. The van der Waals surface area contributed by atoms with Crippen LogP contribution in [0.3, 0.4) is 0 Å². The molecule has 0 aromatic carbocycles. The fourth-order valence-electron chi connectivity index (χ4n) is 2.43. The molecule has 0 bridgehead atoms. The minimum Gasteiger partial charge on any atom is -0.383 e. The standard InChI is InChI=1S/C15H18N6O/c1-21(7-8-22-2)12-4-6-17-14-13(12)10(9-19-14)11-3-5-18-15(16)20-11/h3-6,9H,7-8H2,1-2H3,(H,17,19)(H2,16,18,20). The quantitative estimate of drug-likeness (QED) is 0.744. The number of nitrogens with zero attached hydrogens (tertiary/aromatic N) is 4. The number of aromatic nitrogens is 4. The average Bonchev–Trinajstić information content (AvgIpc) is 2.96. The molecule has 3 aromatic rings. The van der Waals surface area contributed by atoms with Crippen LogP contribution in [0.15, 0.2) is 30.7 Å². The summed E-state index contributed by atoms with van der Waals surface area (Å²) < 4.78 is 5.16. The van der Waals surface area contributed by atoms with Crippen LogP contribution in [0.5, 0.6) is 0 Å². The highest BCUT2D eigenvalue weighted by molar-refractivity contribution is 6.01. The Labute approximate surface area is 128 Å². The molecule has 0 spiro atoms. The summed E-state index contributed by atoms with van der Waals surface area (Å²) in [5.41, 5.74) is 9.30. The van der Waals surface area contributed by atoms with E-state index in [4.69, 9.17) is 10.5 Å². The third-order valence-corrected chi connectivity index (χ3v) is 3.54. The number of hydrogen-bond acceptors (Lipinski definition) is 6. The maximum atomic E-state index is 5.70. The molecule has 0 unspecified atom stereocenters. The van der Waals surface area contributed by atoms with Crippen LogP contribution in [0.25, 0.3) is 22.3 Å². The number of pyridine rings is 1. The number of likely N-dealkylation sites (N-methyl/N-ethyl adjacent to an activating group) is 1. The predicted octanol–water partition coefficient (Wildman–Crippen LogP) is 1.68. The Balaban J connectivity index is 2.12. The summed E-state index contributed by atoms with van der Waals surface area (Å²) in [7, 11) is 3.72. The van der Waals surface area contributed by atoms with Gasteiger partial charge in [0.05, 0.1) is 17.7 Å². The summed E-state index contributed by atoms with van der Waals surface area (Å²) >= 11 is 0. The maximum Gasteiger partial charge on any atom is 0.220 e. The van der Waals surface area contributed by atoms with E-state index in [-0.39, 0.29) is 5.95 Å². The molecule has 0 amide bonds.